The molecule has 34 heavy (non-hydrogen) atoms. The summed E-state index contributed by atoms with van der Waals surface area (Å²) in [5.41, 5.74) is 13.1. The van der Waals surface area contributed by atoms with Crippen molar-refractivity contribution in [2.45, 2.75) is 31.4 Å². The molecule has 10 nitrogen and oxygen atoms in total. The van der Waals surface area contributed by atoms with E-state index in [1.807, 2.05) is 32.9 Å². The highest BCUT2D eigenvalue weighted by molar-refractivity contribution is 7.98. The van der Waals surface area contributed by atoms with Gasteiger partial charge in [0, 0.05) is 21.2 Å². The van der Waals surface area contributed by atoms with Crippen LogP contribution in [0, 0.1) is 20.8 Å². The minimum atomic E-state index is -0.522. The van der Waals surface area contributed by atoms with Crippen molar-refractivity contribution in [3.63, 3.8) is 0 Å². The van der Waals surface area contributed by atoms with Crippen LogP contribution >= 0.6 is 23.4 Å². The van der Waals surface area contributed by atoms with Crippen molar-refractivity contribution in [3.8, 4) is 5.82 Å². The van der Waals surface area contributed by atoms with E-state index >= 15 is 0 Å². The van der Waals surface area contributed by atoms with Crippen molar-refractivity contribution in [2.75, 3.05) is 5.73 Å². The number of aryl methyl sites for hydroxylation is 3. The molecule has 4 rings (SSSR count). The fraction of sp³-hybridized carbons (Fsp3) is 0.182. The number of anilines is 1. The van der Waals surface area contributed by atoms with E-state index in [4.69, 9.17) is 17.3 Å². The zero-order valence-electron chi connectivity index (χ0n) is 18.6. The number of nitrogens with zero attached hydrogens (tertiary/aromatic N) is 6. The van der Waals surface area contributed by atoms with Gasteiger partial charge in [-0.3, -0.25) is 4.79 Å². The predicted octanol–water partition coefficient (Wildman–Crippen LogP) is 3.87. The highest BCUT2D eigenvalue weighted by Gasteiger charge is 2.24. The average molecular weight is 497 g/mol. The number of rotatable bonds is 7. The van der Waals surface area contributed by atoms with Crippen molar-refractivity contribution < 1.29 is 9.42 Å². The topological polar surface area (TPSA) is 137 Å². The summed E-state index contributed by atoms with van der Waals surface area (Å²) in [6.45, 7) is 6.03. The number of thioether (sulfide) groups is 1. The predicted molar refractivity (Wildman–Crippen MR) is 130 cm³/mol. The second kappa shape index (κ2) is 10.1. The first kappa shape index (κ1) is 23.5. The molecule has 0 bridgehead atoms. The summed E-state index contributed by atoms with van der Waals surface area (Å²) < 4.78 is 6.02. The molecule has 0 unspecified atom stereocenters. The van der Waals surface area contributed by atoms with Crippen molar-refractivity contribution in [3.05, 3.63) is 75.1 Å². The van der Waals surface area contributed by atoms with Crippen molar-refractivity contribution >= 4 is 41.3 Å². The van der Waals surface area contributed by atoms with Crippen LogP contribution in [0.1, 0.15) is 38.4 Å². The van der Waals surface area contributed by atoms with E-state index < -0.39 is 5.91 Å². The number of nitrogens with one attached hydrogen (secondary N) is 1. The summed E-state index contributed by atoms with van der Waals surface area (Å²) in [6.07, 6.45) is 1.62. The Labute approximate surface area is 204 Å². The fourth-order valence-electron chi connectivity index (χ4n) is 3.40. The minimum Gasteiger partial charge on any atom is -0.378 e. The molecule has 12 heteroatoms. The third kappa shape index (κ3) is 5.10. The van der Waals surface area contributed by atoms with Crippen LogP contribution in [-0.2, 0) is 5.75 Å². The van der Waals surface area contributed by atoms with Gasteiger partial charge >= 0.3 is 0 Å². The van der Waals surface area contributed by atoms with Crippen LogP contribution in [0.15, 0.2) is 51.0 Å². The molecular weight excluding hydrogens is 476 g/mol. The van der Waals surface area contributed by atoms with Crippen molar-refractivity contribution in [2.24, 2.45) is 5.10 Å². The number of aromatic nitrogens is 5. The van der Waals surface area contributed by atoms with E-state index in [9.17, 15) is 4.79 Å². The minimum absolute atomic E-state index is 0.0259. The monoisotopic (exact) mass is 496 g/mol. The molecule has 0 aliphatic heterocycles. The van der Waals surface area contributed by atoms with E-state index in [1.165, 1.54) is 16.4 Å². The number of nitrogens with two attached hydrogens (primary N) is 1. The Bertz CT molecular complexity index is 1340. The van der Waals surface area contributed by atoms with Gasteiger partial charge in [-0.1, -0.05) is 34.5 Å². The first-order valence-electron chi connectivity index (χ1n) is 10.2. The van der Waals surface area contributed by atoms with Gasteiger partial charge in [-0.2, -0.15) is 9.78 Å². The van der Waals surface area contributed by atoms with E-state index in [0.717, 1.165) is 27.1 Å². The number of benzene rings is 2. The molecule has 1 amide bonds. The van der Waals surface area contributed by atoms with E-state index in [0.29, 0.717) is 16.5 Å². The van der Waals surface area contributed by atoms with Gasteiger partial charge in [-0.15, -0.1) is 16.9 Å². The number of hydrogen-bond acceptors (Lipinski definition) is 9. The molecule has 2 aromatic carbocycles. The second-order valence-electron chi connectivity index (χ2n) is 7.52. The van der Waals surface area contributed by atoms with Crippen molar-refractivity contribution in [1.29, 1.82) is 0 Å². The molecule has 2 aromatic heterocycles. The van der Waals surface area contributed by atoms with Gasteiger partial charge in [-0.25, -0.2) is 10.1 Å². The van der Waals surface area contributed by atoms with Gasteiger partial charge in [0.2, 0.25) is 11.6 Å². The van der Waals surface area contributed by atoms with Gasteiger partial charge in [0.25, 0.3) is 5.91 Å². The molecule has 0 aliphatic carbocycles. The maximum Gasteiger partial charge on any atom is 0.293 e. The molecule has 0 radical (unpaired) electrons. The molecule has 0 atom stereocenters. The second-order valence-corrected chi connectivity index (χ2v) is 9.01. The van der Waals surface area contributed by atoms with Crippen LogP contribution < -0.4 is 11.2 Å². The molecular formula is C22H21ClN8O2S. The largest absolute Gasteiger partial charge is 0.378 e. The van der Waals surface area contributed by atoms with Gasteiger partial charge in [0.1, 0.15) is 0 Å². The maximum atomic E-state index is 12.9. The van der Waals surface area contributed by atoms with E-state index in [2.05, 4.69) is 47.9 Å². The molecule has 0 saturated heterocycles. The van der Waals surface area contributed by atoms with Gasteiger partial charge in [0.05, 0.1) is 11.9 Å². The molecule has 4 aromatic rings. The number of hydrogen-bond donors (Lipinski definition) is 2. The SMILES string of the molecule is Cc1cc(C)c(C=NNC(=O)c2nnn(-c3nonc3N)c2CSc2ccc(Cl)cc2)c(C)c1. The molecule has 2 heterocycles. The number of hydrazone groups is 1. The quantitative estimate of drug-likeness (QED) is 0.223. The summed E-state index contributed by atoms with van der Waals surface area (Å²) in [6, 6.07) is 11.5. The lowest BCUT2D eigenvalue weighted by molar-refractivity contribution is 0.0949. The number of carbonyl (C=O) groups is 1. The Balaban J connectivity index is 1.59. The van der Waals surface area contributed by atoms with Crippen LogP contribution in [0.4, 0.5) is 5.82 Å². The zero-order chi connectivity index (χ0) is 24.2. The van der Waals surface area contributed by atoms with Gasteiger partial charge in [-0.05, 0) is 66.5 Å². The molecule has 0 fully saturated rings. The third-order valence-corrected chi connectivity index (χ3v) is 6.24. The fourth-order valence-corrected chi connectivity index (χ4v) is 4.42. The summed E-state index contributed by atoms with van der Waals surface area (Å²) in [5.74, 6) is -0.0129. The summed E-state index contributed by atoms with van der Waals surface area (Å²) >= 11 is 7.43. The van der Waals surface area contributed by atoms with Crippen molar-refractivity contribution in [1.82, 2.24) is 30.7 Å². The first-order valence-corrected chi connectivity index (χ1v) is 11.5. The third-order valence-electron chi connectivity index (χ3n) is 4.96. The highest BCUT2D eigenvalue weighted by Crippen LogP contribution is 2.27. The zero-order valence-corrected chi connectivity index (χ0v) is 20.2. The molecule has 3 N–H and O–H groups in total. The Morgan fingerprint density at radius 1 is 1.21 bits per heavy atom. The molecule has 0 saturated carbocycles. The standard InChI is InChI=1S/C22H21ClN8O2S/c1-12-8-13(2)17(14(3)9-12)10-25-27-22(32)19-18(11-34-16-6-4-15(23)5-7-16)31(30-26-19)21-20(24)28-33-29-21/h4-10H,11H2,1-3H3,(H2,24,28)(H,27,32). The lowest BCUT2D eigenvalue weighted by Gasteiger charge is -2.07. The van der Waals surface area contributed by atoms with E-state index in [-0.39, 0.29) is 17.3 Å². The lowest BCUT2D eigenvalue weighted by atomic mass is 10.0. The number of nitrogen functional groups attached to an aromatic ring is 1. The highest BCUT2D eigenvalue weighted by atomic mass is 35.5. The Kier molecular flexibility index (Phi) is 6.94. The lowest BCUT2D eigenvalue weighted by Crippen LogP contribution is -2.20. The Morgan fingerprint density at radius 3 is 2.56 bits per heavy atom. The number of carbonyl (C=O) groups excluding carboxylic acids is 1. The Hall–Kier alpha value is -3.70. The van der Waals surface area contributed by atoms with E-state index in [1.54, 1.807) is 18.3 Å². The van der Waals surface area contributed by atoms with Crippen LogP contribution in [0.2, 0.25) is 5.02 Å². The smallest absolute Gasteiger partial charge is 0.293 e. The number of amides is 1. The number of halogens is 1. The van der Waals surface area contributed by atoms with Crippen LogP contribution in [0.5, 0.6) is 0 Å². The average Bonchev–Trinajstić information content (AvgIpc) is 3.40. The summed E-state index contributed by atoms with van der Waals surface area (Å²) in [7, 11) is 0. The molecule has 174 valence electrons. The summed E-state index contributed by atoms with van der Waals surface area (Å²) in [4.78, 5) is 13.9. The summed E-state index contributed by atoms with van der Waals surface area (Å²) in [5, 5.41) is 20.2. The van der Waals surface area contributed by atoms with Crippen LogP contribution in [0.25, 0.3) is 5.82 Å². The van der Waals surface area contributed by atoms with Crippen LogP contribution in [-0.4, -0.2) is 37.4 Å². The first-order chi connectivity index (χ1) is 16.3. The molecule has 0 spiro atoms. The maximum absolute atomic E-state index is 12.9. The van der Waals surface area contributed by atoms with Crippen LogP contribution in [0.3, 0.4) is 0 Å². The normalized spacial score (nSPS) is 11.3. The van der Waals surface area contributed by atoms with Gasteiger partial charge in [0.15, 0.2) is 5.69 Å². The van der Waals surface area contributed by atoms with Gasteiger partial charge < -0.3 is 5.73 Å². The molecule has 0 aliphatic rings. The Morgan fingerprint density at radius 2 is 1.91 bits per heavy atom.